The van der Waals surface area contributed by atoms with Gasteiger partial charge in [-0.25, -0.2) is 0 Å². The summed E-state index contributed by atoms with van der Waals surface area (Å²) in [5.74, 6) is 0.397. The molecule has 0 aliphatic carbocycles. The number of nitrogens with zero attached hydrogens (tertiary/aromatic N) is 2. The summed E-state index contributed by atoms with van der Waals surface area (Å²) in [6.45, 7) is 11.1. The number of carbonyl (C=O) groups excluding carboxylic acids is 1. The van der Waals surface area contributed by atoms with E-state index >= 15 is 0 Å². The Morgan fingerprint density at radius 1 is 1.00 bits per heavy atom. The summed E-state index contributed by atoms with van der Waals surface area (Å²) in [5, 5.41) is 0.533. The number of benzene rings is 2. The molecule has 0 bridgehead atoms. The molecule has 5 rings (SSSR count). The average molecular weight is 461 g/mol. The Morgan fingerprint density at radius 2 is 1.74 bits per heavy atom. The molecule has 1 saturated heterocycles. The van der Waals surface area contributed by atoms with Crippen molar-refractivity contribution in [3.05, 3.63) is 80.7 Å². The Hall–Kier alpha value is -2.96. The van der Waals surface area contributed by atoms with E-state index in [0.29, 0.717) is 29.0 Å². The fourth-order valence-corrected chi connectivity index (χ4v) is 5.06. The van der Waals surface area contributed by atoms with Gasteiger partial charge in [-0.05, 0) is 42.5 Å². The molecule has 2 aromatic carbocycles. The lowest BCUT2D eigenvalue weighted by atomic mass is 9.95. The van der Waals surface area contributed by atoms with Crippen LogP contribution in [0.1, 0.15) is 65.0 Å². The van der Waals surface area contributed by atoms with Crippen molar-refractivity contribution in [2.45, 2.75) is 39.2 Å². The minimum absolute atomic E-state index is 0.109. The Bertz CT molecular complexity index is 1260. The highest BCUT2D eigenvalue weighted by Crippen LogP contribution is 2.38. The monoisotopic (exact) mass is 460 g/mol. The lowest BCUT2D eigenvalue weighted by Gasteiger charge is -2.29. The van der Waals surface area contributed by atoms with E-state index in [9.17, 15) is 9.59 Å². The average Bonchev–Trinajstić information content (AvgIpc) is 3.12. The molecule has 178 valence electrons. The second kappa shape index (κ2) is 9.35. The Morgan fingerprint density at radius 3 is 2.44 bits per heavy atom. The number of hydrogen-bond donors (Lipinski definition) is 0. The van der Waals surface area contributed by atoms with Crippen LogP contribution < -0.4 is 5.43 Å². The van der Waals surface area contributed by atoms with E-state index in [0.717, 1.165) is 50.4 Å². The number of fused-ring (bicyclic) bond motifs is 2. The van der Waals surface area contributed by atoms with Crippen LogP contribution in [0.25, 0.3) is 11.0 Å². The molecule has 3 heterocycles. The fourth-order valence-electron chi connectivity index (χ4n) is 5.06. The quantitative estimate of drug-likeness (QED) is 0.542. The molecule has 1 fully saturated rings. The second-order valence-electron chi connectivity index (χ2n) is 9.70. The van der Waals surface area contributed by atoms with E-state index in [4.69, 9.17) is 9.15 Å². The molecular weight excluding hydrogens is 428 g/mol. The standard InChI is InChI=1S/C28H32N2O4/c1-18(2)20-6-8-21(9-7-20)25-24-26(31)22-17-19(3)5-10-23(22)34-27(24)28(32)30(25)12-4-11-29-13-15-33-16-14-29/h5-10,17-18,25H,4,11-16H2,1-3H3. The van der Waals surface area contributed by atoms with Crippen LogP contribution in [-0.2, 0) is 4.74 Å². The van der Waals surface area contributed by atoms with Gasteiger partial charge in [-0.15, -0.1) is 0 Å². The molecule has 34 heavy (non-hydrogen) atoms. The molecule has 0 N–H and O–H groups in total. The third-order valence-electron chi connectivity index (χ3n) is 7.02. The molecular formula is C28H32N2O4. The highest BCUT2D eigenvalue weighted by atomic mass is 16.5. The first kappa shape index (κ1) is 22.8. The van der Waals surface area contributed by atoms with Crippen molar-refractivity contribution >= 4 is 16.9 Å². The maximum Gasteiger partial charge on any atom is 0.290 e. The van der Waals surface area contributed by atoms with Crippen molar-refractivity contribution in [1.29, 1.82) is 0 Å². The number of ether oxygens (including phenoxy) is 1. The predicted molar refractivity (Wildman–Crippen MR) is 133 cm³/mol. The molecule has 6 heteroatoms. The normalized spacial score (nSPS) is 18.8. The smallest absolute Gasteiger partial charge is 0.290 e. The Labute approximate surface area is 200 Å². The molecule has 0 saturated carbocycles. The van der Waals surface area contributed by atoms with Gasteiger partial charge in [0.15, 0.2) is 5.43 Å². The number of amides is 1. The largest absolute Gasteiger partial charge is 0.450 e. The number of hydrogen-bond acceptors (Lipinski definition) is 5. The maximum atomic E-state index is 13.7. The first-order chi connectivity index (χ1) is 16.4. The maximum absolute atomic E-state index is 13.7. The van der Waals surface area contributed by atoms with Gasteiger partial charge in [0.05, 0.1) is 30.2 Å². The number of morpholine rings is 1. The lowest BCUT2D eigenvalue weighted by Crippen LogP contribution is -2.38. The molecule has 2 aliphatic rings. The van der Waals surface area contributed by atoms with Gasteiger partial charge in [0.25, 0.3) is 5.91 Å². The van der Waals surface area contributed by atoms with E-state index < -0.39 is 6.04 Å². The van der Waals surface area contributed by atoms with Crippen LogP contribution in [0, 0.1) is 6.92 Å². The van der Waals surface area contributed by atoms with Crippen molar-refractivity contribution in [3.63, 3.8) is 0 Å². The van der Waals surface area contributed by atoms with Gasteiger partial charge in [0.2, 0.25) is 5.76 Å². The van der Waals surface area contributed by atoms with Gasteiger partial charge >= 0.3 is 0 Å². The fraction of sp³-hybridized carbons (Fsp3) is 0.429. The molecule has 1 atom stereocenters. The summed E-state index contributed by atoms with van der Waals surface area (Å²) < 4.78 is 11.5. The van der Waals surface area contributed by atoms with Crippen LogP contribution in [-0.4, -0.2) is 55.1 Å². The summed E-state index contributed by atoms with van der Waals surface area (Å²) in [6, 6.07) is 13.4. The molecule has 6 nitrogen and oxygen atoms in total. The summed E-state index contributed by atoms with van der Waals surface area (Å²) >= 11 is 0. The summed E-state index contributed by atoms with van der Waals surface area (Å²) in [5.41, 5.74) is 3.99. The van der Waals surface area contributed by atoms with Crippen LogP contribution in [0.4, 0.5) is 0 Å². The molecule has 0 radical (unpaired) electrons. The third kappa shape index (κ3) is 4.17. The minimum atomic E-state index is -0.436. The molecule has 2 aliphatic heterocycles. The highest BCUT2D eigenvalue weighted by molar-refractivity contribution is 5.99. The van der Waals surface area contributed by atoms with Gasteiger partial charge < -0.3 is 14.1 Å². The van der Waals surface area contributed by atoms with Gasteiger partial charge in [-0.3, -0.25) is 14.5 Å². The zero-order chi connectivity index (χ0) is 23.8. The van der Waals surface area contributed by atoms with Crippen LogP contribution in [0.15, 0.2) is 51.7 Å². The van der Waals surface area contributed by atoms with Crippen molar-refractivity contribution in [3.8, 4) is 0 Å². The summed E-state index contributed by atoms with van der Waals surface area (Å²) in [6.07, 6.45) is 0.827. The van der Waals surface area contributed by atoms with Crippen LogP contribution in [0.2, 0.25) is 0 Å². The molecule has 0 spiro atoms. The molecule has 1 amide bonds. The van der Waals surface area contributed by atoms with Crippen molar-refractivity contribution in [1.82, 2.24) is 9.80 Å². The Balaban J connectivity index is 1.53. The van der Waals surface area contributed by atoms with Crippen molar-refractivity contribution in [2.24, 2.45) is 0 Å². The van der Waals surface area contributed by atoms with E-state index in [1.165, 1.54) is 5.56 Å². The third-order valence-corrected chi connectivity index (χ3v) is 7.02. The van der Waals surface area contributed by atoms with Crippen molar-refractivity contribution < 1.29 is 13.9 Å². The number of aryl methyl sites for hydroxylation is 1. The zero-order valence-electron chi connectivity index (χ0n) is 20.2. The predicted octanol–water partition coefficient (Wildman–Crippen LogP) is 4.49. The molecule has 1 aromatic heterocycles. The number of rotatable bonds is 6. The molecule has 1 unspecified atom stereocenters. The molecule has 3 aromatic rings. The highest BCUT2D eigenvalue weighted by Gasteiger charge is 2.42. The first-order valence-corrected chi connectivity index (χ1v) is 12.2. The second-order valence-corrected chi connectivity index (χ2v) is 9.70. The van der Waals surface area contributed by atoms with E-state index in [1.54, 1.807) is 6.07 Å². The van der Waals surface area contributed by atoms with Gasteiger partial charge in [0.1, 0.15) is 5.58 Å². The topological polar surface area (TPSA) is 63.0 Å². The van der Waals surface area contributed by atoms with E-state index in [2.05, 4.69) is 43.0 Å². The van der Waals surface area contributed by atoms with Gasteiger partial charge in [-0.2, -0.15) is 0 Å². The van der Waals surface area contributed by atoms with Crippen LogP contribution in [0.3, 0.4) is 0 Å². The number of carbonyl (C=O) groups is 1. The van der Waals surface area contributed by atoms with Gasteiger partial charge in [-0.1, -0.05) is 49.7 Å². The SMILES string of the molecule is Cc1ccc2oc3c(c(=O)c2c1)C(c1ccc(C(C)C)cc1)N(CCCN1CCOCC1)C3=O. The van der Waals surface area contributed by atoms with Crippen LogP contribution >= 0.6 is 0 Å². The van der Waals surface area contributed by atoms with E-state index in [1.807, 2.05) is 24.0 Å². The first-order valence-electron chi connectivity index (χ1n) is 12.2. The zero-order valence-corrected chi connectivity index (χ0v) is 20.2. The lowest BCUT2D eigenvalue weighted by molar-refractivity contribution is 0.0353. The van der Waals surface area contributed by atoms with Crippen molar-refractivity contribution in [2.75, 3.05) is 39.4 Å². The van der Waals surface area contributed by atoms with Gasteiger partial charge in [0, 0.05) is 26.2 Å². The van der Waals surface area contributed by atoms with E-state index in [-0.39, 0.29) is 17.1 Å². The summed E-state index contributed by atoms with van der Waals surface area (Å²) in [4.78, 5) is 31.4. The summed E-state index contributed by atoms with van der Waals surface area (Å²) in [7, 11) is 0. The van der Waals surface area contributed by atoms with Crippen LogP contribution in [0.5, 0.6) is 0 Å². The Kier molecular flexibility index (Phi) is 6.28. The minimum Gasteiger partial charge on any atom is -0.450 e.